The molecule has 16 heavy (non-hydrogen) atoms. The zero-order valence-electron chi connectivity index (χ0n) is 10.3. The minimum absolute atomic E-state index is 0.296. The normalized spacial score (nSPS) is 15.2. The van der Waals surface area contributed by atoms with E-state index in [-0.39, 0.29) is 0 Å². The van der Waals surface area contributed by atoms with Crippen LogP contribution in [0.15, 0.2) is 4.42 Å². The Bertz CT molecular complexity index is 388. The highest BCUT2D eigenvalue weighted by Crippen LogP contribution is 2.30. The number of aryl methyl sites for hydroxylation is 2. The molecule has 0 bridgehead atoms. The lowest BCUT2D eigenvalue weighted by molar-refractivity contribution is 0.0968. The van der Waals surface area contributed by atoms with Gasteiger partial charge in [-0.15, -0.1) is 0 Å². The number of ketones is 1. The number of furan rings is 1. The van der Waals surface area contributed by atoms with Gasteiger partial charge in [-0.2, -0.15) is 0 Å². The smallest absolute Gasteiger partial charge is 0.166 e. The van der Waals surface area contributed by atoms with Crippen molar-refractivity contribution in [2.24, 2.45) is 0 Å². The Labute approximate surface area is 97.0 Å². The first-order valence-electron chi connectivity index (χ1n) is 6.38. The van der Waals surface area contributed by atoms with Crippen LogP contribution in [-0.2, 0) is 12.8 Å². The first-order chi connectivity index (χ1) is 7.74. The van der Waals surface area contributed by atoms with E-state index in [2.05, 4.69) is 6.92 Å². The second-order valence-corrected chi connectivity index (χ2v) is 4.67. The fourth-order valence-electron chi connectivity index (χ4n) is 2.53. The molecule has 1 heterocycles. The molecule has 0 fully saturated rings. The van der Waals surface area contributed by atoms with E-state index < -0.39 is 0 Å². The van der Waals surface area contributed by atoms with Gasteiger partial charge < -0.3 is 4.42 Å². The number of carbonyl (C=O) groups excluding carboxylic acids is 1. The summed E-state index contributed by atoms with van der Waals surface area (Å²) in [6.07, 6.45) is 7.21. The molecular weight excluding hydrogens is 200 g/mol. The van der Waals surface area contributed by atoms with E-state index in [0.717, 1.165) is 42.8 Å². The molecule has 1 aliphatic rings. The maximum Gasteiger partial charge on any atom is 0.166 e. The average Bonchev–Trinajstić information content (AvgIpc) is 2.57. The number of hydrogen-bond donors (Lipinski definition) is 0. The molecule has 1 aromatic heterocycles. The summed E-state index contributed by atoms with van der Waals surface area (Å²) in [6.45, 7) is 4.19. The lowest BCUT2D eigenvalue weighted by Crippen LogP contribution is -2.10. The van der Waals surface area contributed by atoms with E-state index >= 15 is 0 Å². The Balaban J connectivity index is 2.23. The van der Waals surface area contributed by atoms with Gasteiger partial charge in [0.05, 0.1) is 5.56 Å². The predicted molar refractivity (Wildman–Crippen MR) is 63.9 cm³/mol. The lowest BCUT2D eigenvalue weighted by atomic mass is 9.91. The number of Topliss-reactive ketones (excluding diaryl/α,β-unsaturated/α-hetero) is 1. The van der Waals surface area contributed by atoms with Crippen LogP contribution in [0.1, 0.15) is 66.5 Å². The van der Waals surface area contributed by atoms with Crippen molar-refractivity contribution in [2.75, 3.05) is 0 Å². The quantitative estimate of drug-likeness (QED) is 0.722. The molecule has 0 aromatic carbocycles. The molecule has 88 valence electrons. The van der Waals surface area contributed by atoms with Crippen LogP contribution in [0.2, 0.25) is 0 Å². The van der Waals surface area contributed by atoms with Gasteiger partial charge in [-0.1, -0.05) is 19.8 Å². The highest BCUT2D eigenvalue weighted by Gasteiger charge is 2.26. The van der Waals surface area contributed by atoms with Crippen molar-refractivity contribution >= 4 is 5.78 Å². The Kier molecular flexibility index (Phi) is 3.47. The fraction of sp³-hybridized carbons (Fsp3) is 0.643. The van der Waals surface area contributed by atoms with Crippen LogP contribution >= 0.6 is 0 Å². The number of rotatable bonds is 4. The van der Waals surface area contributed by atoms with E-state index in [4.69, 9.17) is 4.42 Å². The highest BCUT2D eigenvalue weighted by atomic mass is 16.3. The molecule has 0 saturated heterocycles. The van der Waals surface area contributed by atoms with E-state index in [1.165, 1.54) is 18.4 Å². The Morgan fingerprint density at radius 3 is 2.81 bits per heavy atom. The monoisotopic (exact) mass is 220 g/mol. The number of carbonyl (C=O) groups is 1. The van der Waals surface area contributed by atoms with Gasteiger partial charge in [0.1, 0.15) is 11.5 Å². The Hall–Kier alpha value is -1.05. The molecular formula is C14H20O2. The van der Waals surface area contributed by atoms with Gasteiger partial charge in [0.25, 0.3) is 0 Å². The second kappa shape index (κ2) is 4.86. The van der Waals surface area contributed by atoms with Crippen molar-refractivity contribution in [3.8, 4) is 0 Å². The lowest BCUT2D eigenvalue weighted by Gasteiger charge is -2.09. The van der Waals surface area contributed by atoms with Gasteiger partial charge in [0.15, 0.2) is 5.78 Å². The summed E-state index contributed by atoms with van der Waals surface area (Å²) < 4.78 is 5.72. The molecule has 0 spiro atoms. The largest absolute Gasteiger partial charge is 0.465 e. The summed E-state index contributed by atoms with van der Waals surface area (Å²) in [5.74, 6) is 2.21. The summed E-state index contributed by atoms with van der Waals surface area (Å²) in [6, 6.07) is 0. The van der Waals surface area contributed by atoms with Crippen molar-refractivity contribution in [3.05, 3.63) is 22.6 Å². The molecule has 2 heteroatoms. The molecule has 0 aliphatic heterocycles. The minimum Gasteiger partial charge on any atom is -0.465 e. The molecule has 0 amide bonds. The fourth-order valence-corrected chi connectivity index (χ4v) is 2.53. The molecule has 0 unspecified atom stereocenters. The number of fused-ring (bicyclic) bond motifs is 1. The minimum atomic E-state index is 0.296. The van der Waals surface area contributed by atoms with Gasteiger partial charge in [-0.25, -0.2) is 0 Å². The van der Waals surface area contributed by atoms with Crippen LogP contribution in [-0.4, -0.2) is 5.78 Å². The summed E-state index contributed by atoms with van der Waals surface area (Å²) in [4.78, 5) is 11.9. The van der Waals surface area contributed by atoms with Crippen molar-refractivity contribution in [1.29, 1.82) is 0 Å². The van der Waals surface area contributed by atoms with Gasteiger partial charge in [0, 0.05) is 18.4 Å². The second-order valence-electron chi connectivity index (χ2n) is 4.67. The molecule has 0 saturated carbocycles. The first kappa shape index (κ1) is 11.4. The summed E-state index contributed by atoms with van der Waals surface area (Å²) in [7, 11) is 0. The van der Waals surface area contributed by atoms with Crippen molar-refractivity contribution in [2.45, 2.75) is 58.8 Å². The zero-order chi connectivity index (χ0) is 11.5. The van der Waals surface area contributed by atoms with E-state index in [1.54, 1.807) is 0 Å². The topological polar surface area (TPSA) is 30.2 Å². The predicted octanol–water partition coefficient (Wildman–Crippen LogP) is 3.84. The van der Waals surface area contributed by atoms with E-state index in [9.17, 15) is 4.79 Å². The van der Waals surface area contributed by atoms with Gasteiger partial charge in [-0.3, -0.25) is 4.79 Å². The number of hydrogen-bond acceptors (Lipinski definition) is 2. The van der Waals surface area contributed by atoms with Crippen molar-refractivity contribution in [3.63, 3.8) is 0 Å². The van der Waals surface area contributed by atoms with Crippen molar-refractivity contribution < 1.29 is 9.21 Å². The molecule has 0 radical (unpaired) electrons. The molecule has 1 aromatic rings. The zero-order valence-corrected chi connectivity index (χ0v) is 10.3. The third-order valence-electron chi connectivity index (χ3n) is 3.40. The van der Waals surface area contributed by atoms with Gasteiger partial charge >= 0.3 is 0 Å². The van der Waals surface area contributed by atoms with Crippen LogP contribution in [0.3, 0.4) is 0 Å². The summed E-state index contributed by atoms with van der Waals surface area (Å²) >= 11 is 0. The van der Waals surface area contributed by atoms with Gasteiger partial charge in [0.2, 0.25) is 0 Å². The molecule has 2 nitrogen and oxygen atoms in total. The molecule has 1 aliphatic carbocycles. The molecule has 0 N–H and O–H groups in total. The van der Waals surface area contributed by atoms with Crippen LogP contribution in [0.5, 0.6) is 0 Å². The van der Waals surface area contributed by atoms with Crippen LogP contribution in [0.25, 0.3) is 0 Å². The number of unbranched alkanes of at least 4 members (excludes halogenated alkanes) is 2. The average molecular weight is 220 g/mol. The first-order valence-corrected chi connectivity index (χ1v) is 6.38. The SMILES string of the molecule is CCCCCc1c(C)oc2c1C(=O)CCC2. The van der Waals surface area contributed by atoms with E-state index in [0.29, 0.717) is 12.2 Å². The van der Waals surface area contributed by atoms with Crippen LogP contribution in [0.4, 0.5) is 0 Å². The maximum atomic E-state index is 11.9. The molecule has 0 atom stereocenters. The molecule has 2 rings (SSSR count). The van der Waals surface area contributed by atoms with Crippen molar-refractivity contribution in [1.82, 2.24) is 0 Å². The summed E-state index contributed by atoms with van der Waals surface area (Å²) in [5, 5.41) is 0. The van der Waals surface area contributed by atoms with Crippen LogP contribution in [0, 0.1) is 6.92 Å². The Morgan fingerprint density at radius 2 is 2.06 bits per heavy atom. The van der Waals surface area contributed by atoms with Crippen LogP contribution < -0.4 is 0 Å². The third kappa shape index (κ3) is 2.06. The highest BCUT2D eigenvalue weighted by molar-refractivity contribution is 5.99. The van der Waals surface area contributed by atoms with E-state index in [1.807, 2.05) is 6.92 Å². The summed E-state index contributed by atoms with van der Waals surface area (Å²) in [5.41, 5.74) is 2.12. The maximum absolute atomic E-state index is 11.9. The third-order valence-corrected chi connectivity index (χ3v) is 3.40. The Morgan fingerprint density at radius 1 is 1.25 bits per heavy atom. The standard InChI is InChI=1S/C14H20O2/c1-3-4-5-7-11-10(2)16-13-9-6-8-12(15)14(11)13/h3-9H2,1-2H3. The van der Waals surface area contributed by atoms with Gasteiger partial charge in [-0.05, 0) is 26.2 Å².